The van der Waals surface area contributed by atoms with Crippen LogP contribution in [0.1, 0.15) is 39.0 Å². The average molecular weight is 218 g/mol. The van der Waals surface area contributed by atoms with Crippen molar-refractivity contribution in [2.24, 2.45) is 11.8 Å². The van der Waals surface area contributed by atoms with Gasteiger partial charge in [0.15, 0.2) is 0 Å². The lowest BCUT2D eigenvalue weighted by atomic mass is 9.77. The van der Waals surface area contributed by atoms with E-state index in [2.05, 4.69) is 0 Å². The first-order valence-corrected chi connectivity index (χ1v) is 5.40. The molecule has 86 valence electrons. The highest BCUT2D eigenvalue weighted by Gasteiger charge is 2.36. The third-order valence-electron chi connectivity index (χ3n) is 3.01. The summed E-state index contributed by atoms with van der Waals surface area (Å²) in [5.74, 6) is -2.25. The van der Waals surface area contributed by atoms with Crippen LogP contribution in [-0.2, 0) is 9.59 Å². The first-order chi connectivity index (χ1) is 7.06. The number of rotatable bonds is 4. The van der Waals surface area contributed by atoms with Gasteiger partial charge in [-0.05, 0) is 18.8 Å². The van der Waals surface area contributed by atoms with Gasteiger partial charge in [0, 0.05) is 6.42 Å². The van der Waals surface area contributed by atoms with Crippen LogP contribution < -0.4 is 0 Å². The summed E-state index contributed by atoms with van der Waals surface area (Å²) in [6.07, 6.45) is 0.247. The van der Waals surface area contributed by atoms with Crippen molar-refractivity contribution in [3.05, 3.63) is 0 Å². The summed E-state index contributed by atoms with van der Waals surface area (Å²) in [4.78, 5) is 22.4. The van der Waals surface area contributed by atoms with Gasteiger partial charge in [-0.2, -0.15) is 0 Å². The van der Waals surface area contributed by atoms with E-state index in [1.54, 1.807) is 0 Å². The van der Waals surface area contributed by atoms with E-state index in [1.165, 1.54) is 0 Å². The average Bonchev–Trinajstić information content (AvgIpc) is 2.20. The van der Waals surface area contributed by atoms with Crippen LogP contribution in [-0.4, -0.2) is 18.0 Å². The molecule has 0 radical (unpaired) electrons. The van der Waals surface area contributed by atoms with E-state index in [9.17, 15) is 18.4 Å². The summed E-state index contributed by atoms with van der Waals surface area (Å²) in [6, 6.07) is 0. The van der Waals surface area contributed by atoms with Gasteiger partial charge >= 0.3 is 0 Å². The quantitative estimate of drug-likeness (QED) is 0.680. The van der Waals surface area contributed by atoms with Crippen LogP contribution in [0.2, 0.25) is 0 Å². The molecule has 0 N–H and O–H groups in total. The molecule has 2 unspecified atom stereocenters. The largest absolute Gasteiger partial charge is 0.299 e. The van der Waals surface area contributed by atoms with Gasteiger partial charge in [-0.3, -0.25) is 9.59 Å². The Labute approximate surface area is 88.0 Å². The van der Waals surface area contributed by atoms with Gasteiger partial charge in [-0.15, -0.1) is 0 Å². The van der Waals surface area contributed by atoms with Gasteiger partial charge in [0.05, 0.1) is 5.92 Å². The molecule has 1 aliphatic rings. The molecular formula is C11H16F2O2. The van der Waals surface area contributed by atoms with Crippen molar-refractivity contribution in [1.82, 2.24) is 0 Å². The fourth-order valence-electron chi connectivity index (χ4n) is 2.20. The third-order valence-corrected chi connectivity index (χ3v) is 3.01. The zero-order valence-electron chi connectivity index (χ0n) is 8.84. The zero-order valence-corrected chi connectivity index (χ0v) is 8.84. The smallest absolute Gasteiger partial charge is 0.296 e. The Kier molecular flexibility index (Phi) is 4.36. The number of alkyl halides is 2. The summed E-state index contributed by atoms with van der Waals surface area (Å²) in [5, 5.41) is 0. The monoisotopic (exact) mass is 218 g/mol. The molecule has 1 saturated carbocycles. The standard InChI is InChI=1S/C11H16F2O2/c1-2-3-7-4-5-9(14)8(6-7)10(15)11(12)13/h7-8,11H,2-6H2,1H3. The molecule has 0 amide bonds. The molecule has 0 aromatic heterocycles. The topological polar surface area (TPSA) is 34.1 Å². The van der Waals surface area contributed by atoms with Crippen molar-refractivity contribution in [2.45, 2.75) is 45.5 Å². The number of Topliss-reactive ketones (excluding diaryl/α,β-unsaturated/α-hetero) is 2. The van der Waals surface area contributed by atoms with Crippen molar-refractivity contribution in [2.75, 3.05) is 0 Å². The second-order valence-corrected chi connectivity index (χ2v) is 4.15. The Morgan fingerprint density at radius 3 is 2.73 bits per heavy atom. The van der Waals surface area contributed by atoms with Crippen LogP contribution in [0.5, 0.6) is 0 Å². The lowest BCUT2D eigenvalue weighted by Crippen LogP contribution is -2.34. The van der Waals surface area contributed by atoms with E-state index in [0.29, 0.717) is 6.42 Å². The van der Waals surface area contributed by atoms with Crippen molar-refractivity contribution in [3.63, 3.8) is 0 Å². The van der Waals surface area contributed by atoms with Gasteiger partial charge in [-0.25, -0.2) is 8.78 Å². The molecule has 1 rings (SSSR count). The first-order valence-electron chi connectivity index (χ1n) is 5.40. The SMILES string of the molecule is CCCC1CCC(=O)C(C(=O)C(F)F)C1. The summed E-state index contributed by atoms with van der Waals surface area (Å²) in [5.41, 5.74) is 0. The van der Waals surface area contributed by atoms with Crippen LogP contribution in [0.15, 0.2) is 0 Å². The van der Waals surface area contributed by atoms with Gasteiger partial charge in [0.25, 0.3) is 6.43 Å². The molecule has 0 spiro atoms. The van der Waals surface area contributed by atoms with Gasteiger partial charge in [0.2, 0.25) is 5.78 Å². The third kappa shape index (κ3) is 3.08. The van der Waals surface area contributed by atoms with Crippen LogP contribution in [0.25, 0.3) is 0 Å². The van der Waals surface area contributed by atoms with E-state index in [4.69, 9.17) is 0 Å². The maximum absolute atomic E-state index is 12.2. The van der Waals surface area contributed by atoms with E-state index >= 15 is 0 Å². The highest BCUT2D eigenvalue weighted by Crippen LogP contribution is 2.31. The predicted octanol–water partition coefficient (Wildman–Crippen LogP) is 2.61. The maximum Gasteiger partial charge on any atom is 0.296 e. The number of ketones is 2. The van der Waals surface area contributed by atoms with E-state index < -0.39 is 18.1 Å². The molecule has 0 aromatic carbocycles. The normalized spacial score (nSPS) is 27.1. The predicted molar refractivity (Wildman–Crippen MR) is 51.8 cm³/mol. The highest BCUT2D eigenvalue weighted by atomic mass is 19.3. The molecule has 0 aromatic rings. The fourth-order valence-corrected chi connectivity index (χ4v) is 2.20. The maximum atomic E-state index is 12.2. The van der Waals surface area contributed by atoms with E-state index in [0.717, 1.165) is 19.3 Å². The van der Waals surface area contributed by atoms with Gasteiger partial charge in [0.1, 0.15) is 5.78 Å². The molecule has 4 heteroatoms. The molecule has 1 aliphatic carbocycles. The number of halogens is 2. The highest BCUT2D eigenvalue weighted by molar-refractivity contribution is 6.04. The lowest BCUT2D eigenvalue weighted by molar-refractivity contribution is -0.142. The van der Waals surface area contributed by atoms with Crippen molar-refractivity contribution in [1.29, 1.82) is 0 Å². The first kappa shape index (κ1) is 12.3. The van der Waals surface area contributed by atoms with E-state index in [-0.39, 0.29) is 18.1 Å². The molecule has 2 nitrogen and oxygen atoms in total. The molecule has 2 atom stereocenters. The number of carbonyl (C=O) groups is 2. The Balaban J connectivity index is 2.61. The molecular weight excluding hydrogens is 202 g/mol. The van der Waals surface area contributed by atoms with Gasteiger partial charge < -0.3 is 0 Å². The van der Waals surface area contributed by atoms with Gasteiger partial charge in [-0.1, -0.05) is 19.8 Å². The van der Waals surface area contributed by atoms with Crippen LogP contribution in [0.3, 0.4) is 0 Å². The second-order valence-electron chi connectivity index (χ2n) is 4.15. The Hall–Kier alpha value is -0.800. The Bertz CT molecular complexity index is 251. The minimum Gasteiger partial charge on any atom is -0.299 e. The number of carbonyl (C=O) groups excluding carboxylic acids is 2. The van der Waals surface area contributed by atoms with Crippen LogP contribution in [0.4, 0.5) is 8.78 Å². The minimum atomic E-state index is -3.00. The summed E-state index contributed by atoms with van der Waals surface area (Å²) < 4.78 is 24.4. The number of hydrogen-bond acceptors (Lipinski definition) is 2. The summed E-state index contributed by atoms with van der Waals surface area (Å²) in [7, 11) is 0. The van der Waals surface area contributed by atoms with Crippen molar-refractivity contribution in [3.8, 4) is 0 Å². The molecule has 0 aliphatic heterocycles. The summed E-state index contributed by atoms with van der Waals surface area (Å²) >= 11 is 0. The van der Waals surface area contributed by atoms with E-state index in [1.807, 2.05) is 6.92 Å². The molecule has 0 saturated heterocycles. The molecule has 1 fully saturated rings. The molecule has 0 bridgehead atoms. The lowest BCUT2D eigenvalue weighted by Gasteiger charge is -2.26. The van der Waals surface area contributed by atoms with Crippen molar-refractivity contribution < 1.29 is 18.4 Å². The zero-order chi connectivity index (χ0) is 11.4. The Morgan fingerprint density at radius 1 is 1.53 bits per heavy atom. The Morgan fingerprint density at radius 2 is 2.20 bits per heavy atom. The van der Waals surface area contributed by atoms with Crippen molar-refractivity contribution >= 4 is 11.6 Å². The minimum absolute atomic E-state index is 0.264. The van der Waals surface area contributed by atoms with Crippen LogP contribution in [0, 0.1) is 11.8 Å². The molecule has 15 heavy (non-hydrogen) atoms. The molecule has 0 heterocycles. The fraction of sp³-hybridized carbons (Fsp3) is 0.818. The summed E-state index contributed by atoms with van der Waals surface area (Å²) in [6.45, 7) is 2.01. The van der Waals surface area contributed by atoms with Crippen LogP contribution >= 0.6 is 0 Å². The second kappa shape index (κ2) is 5.33. The number of hydrogen-bond donors (Lipinski definition) is 0.